The number of amides is 1. The standard InChI is InChI=1S/C58H101NO10/c1-4-7-10-13-16-19-22-25-27-30-33-36-39-42-45-51(62)57(66)59-49(50(61)44-41-38-35-32-29-24-21-18-15-12-9-6-3)48-67-58-56(55(65)54(64)52(47-60)68-58)69-53(63)46-43-40-37-34-31-28-26-23-20-17-14-11-8-5-2/h7,10,13,16,19,22,25,27,30,33,41,44,49-52,54-56,58,60-62,64-65H,4-6,8-9,11-12,14-15,17-18,20-21,23-24,26,28-29,31-32,34-40,42-43,45-48H2,1-3H3,(H,59,66)/b10-7+,16-13+,22-19-,27-25-,33-30+,44-41+. The van der Waals surface area contributed by atoms with Crippen LogP contribution in [0.1, 0.15) is 220 Å². The van der Waals surface area contributed by atoms with Crippen molar-refractivity contribution in [3.8, 4) is 0 Å². The summed E-state index contributed by atoms with van der Waals surface area (Å²) >= 11 is 0. The Morgan fingerprint density at radius 3 is 1.57 bits per heavy atom. The first kappa shape index (κ1) is 64.1. The van der Waals surface area contributed by atoms with E-state index in [-0.39, 0.29) is 19.4 Å². The Kier molecular flexibility index (Phi) is 42.9. The second-order valence-electron chi connectivity index (χ2n) is 19.1. The fraction of sp³-hybridized carbons (Fsp3) is 0.759. The summed E-state index contributed by atoms with van der Waals surface area (Å²) in [5.41, 5.74) is 0. The molecule has 0 spiro atoms. The van der Waals surface area contributed by atoms with Crippen LogP contribution in [0.4, 0.5) is 0 Å². The molecule has 8 atom stereocenters. The molecule has 398 valence electrons. The second kappa shape index (κ2) is 46.2. The average Bonchev–Trinajstić information content (AvgIpc) is 3.34. The van der Waals surface area contributed by atoms with Gasteiger partial charge in [-0.1, -0.05) is 241 Å². The van der Waals surface area contributed by atoms with Crippen LogP contribution in [0.15, 0.2) is 72.9 Å². The molecule has 0 aromatic rings. The number of ether oxygens (including phenoxy) is 3. The first-order valence-electron chi connectivity index (χ1n) is 27.8. The molecule has 1 rings (SSSR count). The van der Waals surface area contributed by atoms with Crippen molar-refractivity contribution in [2.45, 2.75) is 269 Å². The molecular weight excluding hydrogens is 871 g/mol. The molecule has 6 N–H and O–H groups in total. The number of hydrogen-bond donors (Lipinski definition) is 6. The van der Waals surface area contributed by atoms with Crippen molar-refractivity contribution in [3.63, 3.8) is 0 Å². The fourth-order valence-electron chi connectivity index (χ4n) is 8.32. The smallest absolute Gasteiger partial charge is 0.306 e. The third kappa shape index (κ3) is 35.0. The van der Waals surface area contributed by atoms with E-state index in [1.165, 1.54) is 109 Å². The van der Waals surface area contributed by atoms with Crippen LogP contribution in [-0.4, -0.2) is 99.6 Å². The van der Waals surface area contributed by atoms with E-state index in [9.17, 15) is 35.1 Å². The van der Waals surface area contributed by atoms with Gasteiger partial charge in [0.2, 0.25) is 5.91 Å². The minimum atomic E-state index is -1.62. The summed E-state index contributed by atoms with van der Waals surface area (Å²) in [6.07, 6.45) is 46.6. The first-order valence-corrected chi connectivity index (χ1v) is 27.8. The van der Waals surface area contributed by atoms with Gasteiger partial charge >= 0.3 is 5.97 Å². The average molecular weight is 972 g/mol. The highest BCUT2D eigenvalue weighted by Gasteiger charge is 2.47. The molecule has 1 amide bonds. The summed E-state index contributed by atoms with van der Waals surface area (Å²) in [5, 5.41) is 56.7. The molecule has 1 saturated heterocycles. The third-order valence-electron chi connectivity index (χ3n) is 12.8. The van der Waals surface area contributed by atoms with Crippen LogP contribution in [0.25, 0.3) is 0 Å². The quantitative estimate of drug-likeness (QED) is 0.0149. The van der Waals surface area contributed by atoms with Gasteiger partial charge in [-0.15, -0.1) is 0 Å². The number of hydrogen-bond acceptors (Lipinski definition) is 10. The van der Waals surface area contributed by atoms with E-state index in [4.69, 9.17) is 14.2 Å². The van der Waals surface area contributed by atoms with Gasteiger partial charge in [0.15, 0.2) is 12.4 Å². The van der Waals surface area contributed by atoms with E-state index in [1.807, 2.05) is 60.8 Å². The van der Waals surface area contributed by atoms with E-state index >= 15 is 0 Å². The van der Waals surface area contributed by atoms with Crippen molar-refractivity contribution >= 4 is 11.9 Å². The number of carbonyl (C=O) groups is 2. The zero-order valence-corrected chi connectivity index (χ0v) is 43.7. The normalized spacial score (nSPS) is 20.4. The highest BCUT2D eigenvalue weighted by molar-refractivity contribution is 5.80. The topological polar surface area (TPSA) is 175 Å². The molecular formula is C58H101NO10. The molecule has 8 unspecified atom stereocenters. The van der Waals surface area contributed by atoms with Crippen LogP contribution < -0.4 is 5.32 Å². The monoisotopic (exact) mass is 972 g/mol. The molecule has 0 bridgehead atoms. The van der Waals surface area contributed by atoms with E-state index in [1.54, 1.807) is 6.08 Å². The minimum Gasteiger partial charge on any atom is -0.454 e. The van der Waals surface area contributed by atoms with Gasteiger partial charge in [-0.05, 0) is 44.9 Å². The number of esters is 1. The van der Waals surface area contributed by atoms with Crippen molar-refractivity contribution in [3.05, 3.63) is 72.9 Å². The molecule has 0 radical (unpaired) electrons. The number of allylic oxidation sites excluding steroid dienone is 11. The van der Waals surface area contributed by atoms with Crippen LogP contribution in [-0.2, 0) is 23.8 Å². The zero-order valence-electron chi connectivity index (χ0n) is 43.7. The van der Waals surface area contributed by atoms with Crippen molar-refractivity contribution in [1.82, 2.24) is 5.32 Å². The van der Waals surface area contributed by atoms with E-state index in [0.29, 0.717) is 12.8 Å². The van der Waals surface area contributed by atoms with Gasteiger partial charge in [-0.2, -0.15) is 0 Å². The molecule has 0 aliphatic carbocycles. The highest BCUT2D eigenvalue weighted by Crippen LogP contribution is 2.26. The lowest BCUT2D eigenvalue weighted by Gasteiger charge is -2.41. The number of unbranched alkanes of at least 4 members (excludes halogenated alkanes) is 25. The minimum absolute atomic E-state index is 0.118. The van der Waals surface area contributed by atoms with E-state index in [2.05, 4.69) is 32.2 Å². The number of rotatable bonds is 45. The Labute approximate surface area is 420 Å². The predicted octanol–water partition coefficient (Wildman–Crippen LogP) is 12.1. The molecule has 11 nitrogen and oxygen atoms in total. The largest absolute Gasteiger partial charge is 0.454 e. The van der Waals surface area contributed by atoms with Crippen LogP contribution in [0.3, 0.4) is 0 Å². The van der Waals surface area contributed by atoms with Crippen molar-refractivity contribution in [2.75, 3.05) is 13.2 Å². The second-order valence-corrected chi connectivity index (χ2v) is 19.1. The van der Waals surface area contributed by atoms with Crippen LogP contribution in [0, 0.1) is 0 Å². The SMILES string of the molecule is CC/C=C/C=C/C=C\C=C/C=C/CCCCC(O)C(=O)NC(COC1OC(CO)C(O)C(O)C1OC(=O)CCCCCCCCCCCCCCCC)C(O)/C=C/CCCCCCCCCCCC. The van der Waals surface area contributed by atoms with Gasteiger partial charge in [0.1, 0.15) is 24.4 Å². The molecule has 1 heterocycles. The first-order chi connectivity index (χ1) is 33.7. The summed E-state index contributed by atoms with van der Waals surface area (Å²) in [6.45, 7) is 5.59. The third-order valence-corrected chi connectivity index (χ3v) is 12.8. The van der Waals surface area contributed by atoms with Crippen LogP contribution in [0.2, 0.25) is 0 Å². The van der Waals surface area contributed by atoms with Gasteiger partial charge in [-0.25, -0.2) is 0 Å². The lowest BCUT2D eigenvalue weighted by Crippen LogP contribution is -2.61. The summed E-state index contributed by atoms with van der Waals surface area (Å²) in [5.74, 6) is -1.24. The lowest BCUT2D eigenvalue weighted by molar-refractivity contribution is -0.305. The fourth-order valence-corrected chi connectivity index (χ4v) is 8.32. The van der Waals surface area contributed by atoms with Gasteiger partial charge in [0.05, 0.1) is 25.4 Å². The van der Waals surface area contributed by atoms with E-state index < -0.39 is 67.4 Å². The zero-order chi connectivity index (χ0) is 50.4. The molecule has 1 aliphatic rings. The molecule has 0 aromatic carbocycles. The van der Waals surface area contributed by atoms with Gasteiger partial charge in [0.25, 0.3) is 0 Å². The van der Waals surface area contributed by atoms with Crippen molar-refractivity contribution < 1.29 is 49.3 Å². The highest BCUT2D eigenvalue weighted by atomic mass is 16.7. The maximum Gasteiger partial charge on any atom is 0.306 e. The van der Waals surface area contributed by atoms with Crippen LogP contribution >= 0.6 is 0 Å². The Balaban J connectivity index is 2.79. The predicted molar refractivity (Wildman–Crippen MR) is 283 cm³/mol. The maximum absolute atomic E-state index is 13.3. The number of aliphatic hydroxyl groups is 5. The Morgan fingerprint density at radius 1 is 0.580 bits per heavy atom. The summed E-state index contributed by atoms with van der Waals surface area (Å²) in [6, 6.07) is -1.05. The van der Waals surface area contributed by atoms with E-state index in [0.717, 1.165) is 64.2 Å². The number of aliphatic hydroxyl groups excluding tert-OH is 5. The van der Waals surface area contributed by atoms with Gasteiger partial charge in [0, 0.05) is 6.42 Å². The Bertz CT molecular complexity index is 1390. The van der Waals surface area contributed by atoms with Gasteiger partial charge < -0.3 is 45.1 Å². The van der Waals surface area contributed by atoms with Crippen molar-refractivity contribution in [1.29, 1.82) is 0 Å². The number of carbonyl (C=O) groups excluding carboxylic acids is 2. The maximum atomic E-state index is 13.3. The van der Waals surface area contributed by atoms with Crippen LogP contribution in [0.5, 0.6) is 0 Å². The Hall–Kier alpha value is -2.90. The molecule has 1 aliphatic heterocycles. The Morgan fingerprint density at radius 2 is 1.04 bits per heavy atom. The molecule has 1 fully saturated rings. The molecule has 11 heteroatoms. The van der Waals surface area contributed by atoms with Gasteiger partial charge in [-0.3, -0.25) is 9.59 Å². The lowest BCUT2D eigenvalue weighted by atomic mass is 9.99. The molecule has 0 saturated carbocycles. The molecule has 0 aromatic heterocycles. The molecule has 69 heavy (non-hydrogen) atoms. The summed E-state index contributed by atoms with van der Waals surface area (Å²) in [4.78, 5) is 26.4. The number of nitrogens with one attached hydrogen (secondary N) is 1. The van der Waals surface area contributed by atoms with Crippen molar-refractivity contribution in [2.24, 2.45) is 0 Å². The summed E-state index contributed by atoms with van der Waals surface area (Å²) < 4.78 is 17.5. The summed E-state index contributed by atoms with van der Waals surface area (Å²) in [7, 11) is 0.